The fourth-order valence-corrected chi connectivity index (χ4v) is 5.45. The first-order chi connectivity index (χ1) is 15.5. The SMILES string of the molecule is O=C1CCCc2cc(S(=O)(=O)NCCCN3CCN(Cc4ccccc4)CC3)ccc2N1. The molecule has 2 aliphatic heterocycles. The summed E-state index contributed by atoms with van der Waals surface area (Å²) in [6.07, 6.45) is 2.68. The van der Waals surface area contributed by atoms with Crippen LogP contribution >= 0.6 is 0 Å². The number of aryl methyl sites for hydroxylation is 1. The number of amides is 1. The molecule has 0 saturated carbocycles. The number of rotatable bonds is 8. The molecule has 0 radical (unpaired) electrons. The number of benzene rings is 2. The summed E-state index contributed by atoms with van der Waals surface area (Å²) >= 11 is 0. The Morgan fingerprint density at radius 3 is 2.47 bits per heavy atom. The first-order valence-electron chi connectivity index (χ1n) is 11.4. The van der Waals surface area contributed by atoms with Crippen molar-refractivity contribution in [2.45, 2.75) is 37.1 Å². The quantitative estimate of drug-likeness (QED) is 0.597. The number of nitrogens with zero attached hydrogens (tertiary/aromatic N) is 2. The Labute approximate surface area is 190 Å². The minimum absolute atomic E-state index is 0.0154. The van der Waals surface area contributed by atoms with E-state index < -0.39 is 10.0 Å². The van der Waals surface area contributed by atoms with Gasteiger partial charge in [-0.2, -0.15) is 0 Å². The second kappa shape index (κ2) is 10.6. The molecular weight excluding hydrogens is 424 g/mol. The molecule has 2 heterocycles. The van der Waals surface area contributed by atoms with Crippen LogP contribution in [0.15, 0.2) is 53.4 Å². The van der Waals surface area contributed by atoms with Crippen molar-refractivity contribution in [2.75, 3.05) is 44.6 Å². The van der Waals surface area contributed by atoms with Crippen LogP contribution in [0.1, 0.15) is 30.4 Å². The Balaban J connectivity index is 1.20. The molecule has 32 heavy (non-hydrogen) atoms. The molecule has 0 aliphatic carbocycles. The zero-order valence-electron chi connectivity index (χ0n) is 18.4. The number of carbonyl (C=O) groups excluding carboxylic acids is 1. The normalized spacial score (nSPS) is 18.1. The molecule has 8 heteroatoms. The standard InChI is InChI=1S/C24H32N4O3S/c29-24-9-4-8-21-18-22(10-11-23(21)26-24)32(30,31)25-12-5-13-27-14-16-28(17-15-27)19-20-6-2-1-3-7-20/h1-3,6-7,10-11,18,25H,4-5,8-9,12-17,19H2,(H,26,29). The summed E-state index contributed by atoms with van der Waals surface area (Å²) in [6, 6.07) is 15.5. The summed E-state index contributed by atoms with van der Waals surface area (Å²) in [7, 11) is -3.55. The fourth-order valence-electron chi connectivity index (χ4n) is 4.32. The van der Waals surface area contributed by atoms with E-state index in [1.165, 1.54) is 5.56 Å². The molecule has 2 aromatic rings. The van der Waals surface area contributed by atoms with Gasteiger partial charge < -0.3 is 10.2 Å². The average molecular weight is 457 g/mol. The fraction of sp³-hybridized carbons (Fsp3) is 0.458. The number of sulfonamides is 1. The van der Waals surface area contributed by atoms with E-state index in [0.717, 1.165) is 63.4 Å². The molecule has 7 nitrogen and oxygen atoms in total. The highest BCUT2D eigenvalue weighted by atomic mass is 32.2. The molecule has 0 aromatic heterocycles. The molecule has 172 valence electrons. The van der Waals surface area contributed by atoms with Gasteiger partial charge in [0.05, 0.1) is 4.90 Å². The van der Waals surface area contributed by atoms with Crippen molar-refractivity contribution in [3.05, 3.63) is 59.7 Å². The molecule has 0 unspecified atom stereocenters. The number of hydrogen-bond acceptors (Lipinski definition) is 5. The summed E-state index contributed by atoms with van der Waals surface area (Å²) in [5.41, 5.74) is 2.94. The molecule has 2 N–H and O–H groups in total. The molecule has 1 saturated heterocycles. The van der Waals surface area contributed by atoms with Crippen molar-refractivity contribution >= 4 is 21.6 Å². The van der Waals surface area contributed by atoms with Gasteiger partial charge >= 0.3 is 0 Å². The maximum absolute atomic E-state index is 12.7. The monoisotopic (exact) mass is 456 g/mol. The molecule has 1 amide bonds. The molecule has 1 fully saturated rings. The smallest absolute Gasteiger partial charge is 0.240 e. The van der Waals surface area contributed by atoms with Crippen LogP contribution in [0.2, 0.25) is 0 Å². The lowest BCUT2D eigenvalue weighted by Gasteiger charge is -2.34. The van der Waals surface area contributed by atoms with Crippen LogP contribution in [-0.2, 0) is 27.8 Å². The Hall–Kier alpha value is -2.26. The second-order valence-electron chi connectivity index (χ2n) is 8.58. The topological polar surface area (TPSA) is 81.8 Å². The van der Waals surface area contributed by atoms with E-state index in [1.54, 1.807) is 18.2 Å². The van der Waals surface area contributed by atoms with Gasteiger partial charge in [-0.05, 0) is 55.1 Å². The van der Waals surface area contributed by atoms with Crippen LogP contribution in [0.4, 0.5) is 5.69 Å². The van der Waals surface area contributed by atoms with Gasteiger partial charge in [0, 0.05) is 51.4 Å². The summed E-state index contributed by atoms with van der Waals surface area (Å²) in [5, 5.41) is 2.84. The predicted octanol–water partition coefficient (Wildman–Crippen LogP) is 2.45. The van der Waals surface area contributed by atoms with Crippen molar-refractivity contribution in [2.24, 2.45) is 0 Å². The molecular formula is C24H32N4O3S. The van der Waals surface area contributed by atoms with Crippen molar-refractivity contribution in [3.63, 3.8) is 0 Å². The Kier molecular flexibility index (Phi) is 7.57. The maximum Gasteiger partial charge on any atom is 0.240 e. The lowest BCUT2D eigenvalue weighted by molar-refractivity contribution is -0.116. The molecule has 0 bridgehead atoms. The van der Waals surface area contributed by atoms with E-state index >= 15 is 0 Å². The number of anilines is 1. The summed E-state index contributed by atoms with van der Waals surface area (Å²) in [5.74, 6) is -0.0154. The first-order valence-corrected chi connectivity index (χ1v) is 12.9. The van der Waals surface area contributed by atoms with Crippen molar-refractivity contribution in [1.29, 1.82) is 0 Å². The van der Waals surface area contributed by atoms with Gasteiger partial charge in [-0.25, -0.2) is 13.1 Å². The Morgan fingerprint density at radius 1 is 0.938 bits per heavy atom. The molecule has 0 atom stereocenters. The van der Waals surface area contributed by atoms with Crippen molar-refractivity contribution < 1.29 is 13.2 Å². The molecule has 2 aromatic carbocycles. The van der Waals surface area contributed by atoms with E-state index in [0.29, 0.717) is 19.4 Å². The highest BCUT2D eigenvalue weighted by Crippen LogP contribution is 2.25. The number of hydrogen-bond donors (Lipinski definition) is 2. The van der Waals surface area contributed by atoms with Gasteiger partial charge in [0.1, 0.15) is 0 Å². The van der Waals surface area contributed by atoms with Gasteiger partial charge in [-0.15, -0.1) is 0 Å². The zero-order valence-corrected chi connectivity index (χ0v) is 19.2. The third-order valence-electron chi connectivity index (χ3n) is 6.17. The van der Waals surface area contributed by atoms with Crippen LogP contribution in [0.25, 0.3) is 0 Å². The number of nitrogens with one attached hydrogen (secondary N) is 2. The van der Waals surface area contributed by atoms with E-state index in [9.17, 15) is 13.2 Å². The third kappa shape index (κ3) is 6.16. The summed E-state index contributed by atoms with van der Waals surface area (Å²) in [6.45, 7) is 6.38. The lowest BCUT2D eigenvalue weighted by atomic mass is 10.1. The van der Waals surface area contributed by atoms with Crippen molar-refractivity contribution in [1.82, 2.24) is 14.5 Å². The Bertz CT molecular complexity index is 1020. The number of fused-ring (bicyclic) bond motifs is 1. The minimum atomic E-state index is -3.55. The first kappa shape index (κ1) is 22.9. The lowest BCUT2D eigenvalue weighted by Crippen LogP contribution is -2.46. The van der Waals surface area contributed by atoms with Gasteiger partial charge in [0.2, 0.25) is 15.9 Å². The van der Waals surface area contributed by atoms with Crippen LogP contribution < -0.4 is 10.0 Å². The highest BCUT2D eigenvalue weighted by Gasteiger charge is 2.20. The predicted molar refractivity (Wildman–Crippen MR) is 126 cm³/mol. The van der Waals surface area contributed by atoms with Crippen molar-refractivity contribution in [3.8, 4) is 0 Å². The number of piperazine rings is 1. The number of carbonyl (C=O) groups is 1. The molecule has 4 rings (SSSR count). The van der Waals surface area contributed by atoms with Gasteiger partial charge in [-0.3, -0.25) is 9.69 Å². The minimum Gasteiger partial charge on any atom is -0.326 e. The second-order valence-corrected chi connectivity index (χ2v) is 10.3. The molecule has 2 aliphatic rings. The maximum atomic E-state index is 12.7. The van der Waals surface area contributed by atoms with E-state index in [4.69, 9.17) is 0 Å². The Morgan fingerprint density at radius 2 is 1.69 bits per heavy atom. The highest BCUT2D eigenvalue weighted by molar-refractivity contribution is 7.89. The van der Waals surface area contributed by atoms with E-state index in [1.807, 2.05) is 6.07 Å². The van der Waals surface area contributed by atoms with Crippen LogP contribution in [-0.4, -0.2) is 63.4 Å². The molecule has 0 spiro atoms. The largest absolute Gasteiger partial charge is 0.326 e. The van der Waals surface area contributed by atoms with Crippen LogP contribution in [0, 0.1) is 0 Å². The summed E-state index contributed by atoms with van der Waals surface area (Å²) in [4.78, 5) is 16.8. The van der Waals surface area contributed by atoms with Gasteiger partial charge in [0.15, 0.2) is 0 Å². The van der Waals surface area contributed by atoms with Crippen LogP contribution in [0.5, 0.6) is 0 Å². The van der Waals surface area contributed by atoms with E-state index in [-0.39, 0.29) is 10.8 Å². The van der Waals surface area contributed by atoms with Gasteiger partial charge in [0.25, 0.3) is 0 Å². The average Bonchev–Trinajstić information content (AvgIpc) is 2.98. The zero-order chi connectivity index (χ0) is 22.4. The van der Waals surface area contributed by atoms with E-state index in [2.05, 4.69) is 44.1 Å². The third-order valence-corrected chi connectivity index (χ3v) is 7.63. The van der Waals surface area contributed by atoms with Crippen LogP contribution in [0.3, 0.4) is 0 Å². The van der Waals surface area contributed by atoms with Gasteiger partial charge in [-0.1, -0.05) is 30.3 Å². The summed E-state index contributed by atoms with van der Waals surface area (Å²) < 4.78 is 28.2.